The van der Waals surface area contributed by atoms with E-state index in [4.69, 9.17) is 0 Å². The minimum absolute atomic E-state index is 0.0969. The van der Waals surface area contributed by atoms with Gasteiger partial charge in [-0.2, -0.15) is 4.98 Å². The van der Waals surface area contributed by atoms with Gasteiger partial charge in [-0.15, -0.1) is 0 Å². The fourth-order valence-electron chi connectivity index (χ4n) is 4.37. The number of nitrogens with zero attached hydrogens (tertiary/aromatic N) is 3. The molecular weight excluding hydrogens is 540 g/mol. The Morgan fingerprint density at radius 3 is 2.34 bits per heavy atom. The summed E-state index contributed by atoms with van der Waals surface area (Å²) in [6.07, 6.45) is 3.58. The number of hydrogen-bond donors (Lipinski definition) is 2. The number of para-hydroxylation sites is 1. The van der Waals surface area contributed by atoms with Crippen LogP contribution in [0.5, 0.6) is 0 Å². The fourth-order valence-corrected chi connectivity index (χ4v) is 6.06. The zero-order valence-corrected chi connectivity index (χ0v) is 22.0. The van der Waals surface area contributed by atoms with Gasteiger partial charge in [-0.25, -0.2) is 26.9 Å². The van der Waals surface area contributed by atoms with E-state index in [0.717, 1.165) is 55.0 Å². The maximum Gasteiger partial charge on any atom is 0.243 e. The molecule has 1 heterocycles. The van der Waals surface area contributed by atoms with Gasteiger partial charge in [-0.1, -0.05) is 12.1 Å². The molecule has 7 nitrogen and oxygen atoms in total. The van der Waals surface area contributed by atoms with Crippen molar-refractivity contribution in [3.63, 3.8) is 0 Å². The molecular formula is C24H28BrF2N5O2S. The molecule has 0 bridgehead atoms. The molecule has 3 aromatic rings. The van der Waals surface area contributed by atoms with Crippen LogP contribution in [0.1, 0.15) is 25.7 Å². The molecule has 1 saturated carbocycles. The molecule has 0 spiro atoms. The van der Waals surface area contributed by atoms with Crippen LogP contribution in [0.3, 0.4) is 0 Å². The second kappa shape index (κ2) is 10.7. The van der Waals surface area contributed by atoms with Crippen LogP contribution in [0.25, 0.3) is 10.9 Å². The summed E-state index contributed by atoms with van der Waals surface area (Å²) in [5, 5.41) is 4.37. The van der Waals surface area contributed by atoms with E-state index in [1.165, 1.54) is 0 Å². The highest BCUT2D eigenvalue weighted by atomic mass is 79.9. The summed E-state index contributed by atoms with van der Waals surface area (Å²) in [6.45, 7) is 0.954. The fraction of sp³-hybridized carbons (Fsp3) is 0.417. The van der Waals surface area contributed by atoms with Crippen molar-refractivity contribution in [2.45, 2.75) is 30.6 Å². The lowest BCUT2D eigenvalue weighted by molar-refractivity contribution is 0.284. The van der Waals surface area contributed by atoms with Crippen LogP contribution >= 0.6 is 15.9 Å². The average Bonchev–Trinajstić information content (AvgIpc) is 2.83. The van der Waals surface area contributed by atoms with Gasteiger partial charge in [0.1, 0.15) is 22.3 Å². The molecule has 0 radical (unpaired) electrons. The predicted octanol–water partition coefficient (Wildman–Crippen LogP) is 4.93. The number of aromatic nitrogens is 2. The molecule has 188 valence electrons. The Bertz CT molecular complexity index is 1310. The third kappa shape index (κ3) is 6.07. The first-order chi connectivity index (χ1) is 16.6. The monoisotopic (exact) mass is 567 g/mol. The van der Waals surface area contributed by atoms with Crippen LogP contribution in [-0.4, -0.2) is 45.6 Å². The van der Waals surface area contributed by atoms with Crippen LogP contribution in [-0.2, 0) is 10.0 Å². The molecule has 1 aromatic heterocycles. The quantitative estimate of drug-likeness (QED) is 0.375. The van der Waals surface area contributed by atoms with E-state index in [1.54, 1.807) is 0 Å². The van der Waals surface area contributed by atoms with E-state index in [2.05, 4.69) is 35.9 Å². The van der Waals surface area contributed by atoms with Crippen molar-refractivity contribution in [3.05, 3.63) is 52.5 Å². The standard InChI is InChI=1S/C24H28BrF2N5O2S/c1-32(2)23-17-5-3-4-6-21(17)30-24(31-23)28-13-15-7-9-16(10-8-15)14-29-35(33,34)22-11-18(25)19(26)12-20(22)27/h3-6,11-12,15-16,29H,7-10,13-14H2,1-2H3,(H,28,30,31). The number of fused-ring (bicyclic) bond motifs is 1. The smallest absolute Gasteiger partial charge is 0.243 e. The van der Waals surface area contributed by atoms with Crippen LogP contribution < -0.4 is 14.9 Å². The Labute approximate surface area is 212 Å². The molecule has 0 aliphatic heterocycles. The van der Waals surface area contributed by atoms with E-state index < -0.39 is 26.6 Å². The number of halogens is 3. The Kier molecular flexibility index (Phi) is 7.87. The first-order valence-corrected chi connectivity index (χ1v) is 13.7. The molecule has 1 aliphatic rings. The van der Waals surface area contributed by atoms with E-state index in [0.29, 0.717) is 17.9 Å². The van der Waals surface area contributed by atoms with Crippen molar-refractivity contribution >= 4 is 48.6 Å². The van der Waals surface area contributed by atoms with Crippen molar-refractivity contribution < 1.29 is 17.2 Å². The van der Waals surface area contributed by atoms with E-state index in [9.17, 15) is 17.2 Å². The summed E-state index contributed by atoms with van der Waals surface area (Å²) in [7, 11) is -0.162. The van der Waals surface area contributed by atoms with Gasteiger partial charge in [0.2, 0.25) is 16.0 Å². The first-order valence-electron chi connectivity index (χ1n) is 11.5. The number of anilines is 2. The van der Waals surface area contributed by atoms with Gasteiger partial charge < -0.3 is 10.2 Å². The molecule has 1 fully saturated rings. The highest BCUT2D eigenvalue weighted by Crippen LogP contribution is 2.30. The van der Waals surface area contributed by atoms with E-state index in [1.807, 2.05) is 43.3 Å². The van der Waals surface area contributed by atoms with Crippen molar-refractivity contribution in [3.8, 4) is 0 Å². The van der Waals surface area contributed by atoms with Crippen LogP contribution in [0, 0.1) is 23.5 Å². The van der Waals surface area contributed by atoms with E-state index >= 15 is 0 Å². The van der Waals surface area contributed by atoms with Crippen LogP contribution in [0.2, 0.25) is 0 Å². The lowest BCUT2D eigenvalue weighted by atomic mass is 9.82. The first kappa shape index (κ1) is 25.7. The summed E-state index contributed by atoms with van der Waals surface area (Å²) in [6, 6.07) is 9.42. The predicted molar refractivity (Wildman–Crippen MR) is 137 cm³/mol. The second-order valence-corrected chi connectivity index (χ2v) is 11.7. The zero-order valence-electron chi connectivity index (χ0n) is 19.6. The van der Waals surface area contributed by atoms with Crippen molar-refractivity contribution in [1.82, 2.24) is 14.7 Å². The largest absolute Gasteiger partial charge is 0.362 e. The van der Waals surface area contributed by atoms with Gasteiger partial charge in [-0.3, -0.25) is 0 Å². The van der Waals surface area contributed by atoms with E-state index in [-0.39, 0.29) is 16.9 Å². The summed E-state index contributed by atoms with van der Waals surface area (Å²) in [5.41, 5.74) is 0.884. The third-order valence-electron chi connectivity index (χ3n) is 6.35. The van der Waals surface area contributed by atoms with Crippen LogP contribution in [0.15, 0.2) is 45.8 Å². The topological polar surface area (TPSA) is 87.2 Å². The van der Waals surface area contributed by atoms with Gasteiger partial charge >= 0.3 is 0 Å². The maximum atomic E-state index is 14.0. The summed E-state index contributed by atoms with van der Waals surface area (Å²) in [5.74, 6) is 0.0756. The van der Waals surface area contributed by atoms with Gasteiger partial charge in [0, 0.05) is 38.6 Å². The van der Waals surface area contributed by atoms with Crippen molar-refractivity contribution in [1.29, 1.82) is 0 Å². The Morgan fingerprint density at radius 2 is 1.66 bits per heavy atom. The highest BCUT2D eigenvalue weighted by Gasteiger charge is 2.26. The molecule has 2 aromatic carbocycles. The lowest BCUT2D eigenvalue weighted by Gasteiger charge is -2.28. The van der Waals surface area contributed by atoms with Gasteiger partial charge in [0.05, 0.1) is 9.99 Å². The van der Waals surface area contributed by atoms with Crippen LogP contribution in [0.4, 0.5) is 20.5 Å². The summed E-state index contributed by atoms with van der Waals surface area (Å²) < 4.78 is 54.9. The summed E-state index contributed by atoms with van der Waals surface area (Å²) >= 11 is 2.91. The molecule has 4 rings (SSSR count). The lowest BCUT2D eigenvalue weighted by Crippen LogP contribution is -2.32. The summed E-state index contributed by atoms with van der Waals surface area (Å²) in [4.78, 5) is 10.7. The molecule has 11 heteroatoms. The maximum absolute atomic E-state index is 14.0. The number of rotatable bonds is 8. The molecule has 1 aliphatic carbocycles. The van der Waals surface area contributed by atoms with Gasteiger partial charge in [0.25, 0.3) is 0 Å². The molecule has 2 N–H and O–H groups in total. The normalized spacial score (nSPS) is 18.5. The molecule has 0 amide bonds. The molecule has 0 saturated heterocycles. The second-order valence-electron chi connectivity index (χ2n) is 9.10. The number of hydrogen-bond acceptors (Lipinski definition) is 6. The average molecular weight is 568 g/mol. The minimum Gasteiger partial charge on any atom is -0.362 e. The zero-order chi connectivity index (χ0) is 25.2. The molecule has 35 heavy (non-hydrogen) atoms. The van der Waals surface area contributed by atoms with Crippen molar-refractivity contribution in [2.24, 2.45) is 11.8 Å². The Balaban J connectivity index is 1.30. The minimum atomic E-state index is -4.07. The van der Waals surface area contributed by atoms with Gasteiger partial charge in [-0.05, 0) is 71.6 Å². The number of sulfonamides is 1. The molecule has 0 unspecified atom stereocenters. The number of benzene rings is 2. The van der Waals surface area contributed by atoms with Crippen molar-refractivity contribution in [2.75, 3.05) is 37.4 Å². The Morgan fingerprint density at radius 1 is 1.00 bits per heavy atom. The van der Waals surface area contributed by atoms with Gasteiger partial charge in [0.15, 0.2) is 0 Å². The molecule has 0 atom stereocenters. The third-order valence-corrected chi connectivity index (χ3v) is 8.39. The SMILES string of the molecule is CN(C)c1nc(NCC2CCC(CNS(=O)(=O)c3cc(Br)c(F)cc3F)CC2)nc2ccccc12. The number of nitrogens with one attached hydrogen (secondary N) is 2. The highest BCUT2D eigenvalue weighted by molar-refractivity contribution is 9.10. The Hall–Kier alpha value is -2.37.